The van der Waals surface area contributed by atoms with Crippen LogP contribution in [0, 0.1) is 5.82 Å². The average Bonchev–Trinajstić information content (AvgIpc) is 2.65. The Morgan fingerprint density at radius 2 is 1.78 bits per heavy atom. The van der Waals surface area contributed by atoms with E-state index in [0.717, 1.165) is 5.56 Å². The van der Waals surface area contributed by atoms with Gasteiger partial charge in [-0.2, -0.15) is 0 Å². The van der Waals surface area contributed by atoms with Crippen molar-refractivity contribution in [2.24, 2.45) is 0 Å². The summed E-state index contributed by atoms with van der Waals surface area (Å²) in [5, 5.41) is 8.73. The number of nitrogens with zero attached hydrogens (tertiary/aromatic N) is 1. The molecule has 0 spiro atoms. The van der Waals surface area contributed by atoms with Crippen molar-refractivity contribution in [1.29, 1.82) is 0 Å². The minimum Gasteiger partial charge on any atom is -0.490 e. The van der Waals surface area contributed by atoms with Gasteiger partial charge in [0.25, 0.3) is 5.91 Å². The Bertz CT molecular complexity index is 791. The van der Waals surface area contributed by atoms with Gasteiger partial charge in [0.1, 0.15) is 5.82 Å². The first kappa shape index (κ1) is 20.2. The summed E-state index contributed by atoms with van der Waals surface area (Å²) < 4.78 is 23.6. The molecule has 0 aliphatic carbocycles. The Kier molecular flexibility index (Phi) is 7.16. The molecule has 7 heteroatoms. The molecule has 6 nitrogen and oxygen atoms in total. The Labute approximate surface area is 157 Å². The van der Waals surface area contributed by atoms with Crippen molar-refractivity contribution in [2.45, 2.75) is 13.3 Å². The maximum atomic E-state index is 12.9. The van der Waals surface area contributed by atoms with Gasteiger partial charge in [0.15, 0.2) is 18.1 Å². The van der Waals surface area contributed by atoms with Crippen LogP contribution in [0.2, 0.25) is 0 Å². The van der Waals surface area contributed by atoms with E-state index in [4.69, 9.17) is 14.6 Å². The van der Waals surface area contributed by atoms with Crippen LogP contribution in [-0.2, 0) is 11.2 Å². The number of carboxylic acid groups (broad SMARTS) is 1. The summed E-state index contributed by atoms with van der Waals surface area (Å²) in [4.78, 5) is 24.9. The molecule has 0 aliphatic heterocycles. The number of aliphatic carboxylic acids is 1. The number of halogens is 1. The normalized spacial score (nSPS) is 10.3. The largest absolute Gasteiger partial charge is 0.490 e. The summed E-state index contributed by atoms with van der Waals surface area (Å²) >= 11 is 0. The van der Waals surface area contributed by atoms with Gasteiger partial charge in [0.05, 0.1) is 6.61 Å². The Morgan fingerprint density at radius 1 is 1.07 bits per heavy atom. The molecule has 0 radical (unpaired) electrons. The number of rotatable bonds is 9. The lowest BCUT2D eigenvalue weighted by Gasteiger charge is -2.18. The molecule has 27 heavy (non-hydrogen) atoms. The average molecular weight is 375 g/mol. The SMILES string of the molecule is CCOc1cc(C(=O)N(C)CCc2ccc(F)cc2)ccc1OCC(=O)O. The van der Waals surface area contributed by atoms with Crippen molar-refractivity contribution in [3.8, 4) is 11.5 Å². The van der Waals surface area contributed by atoms with E-state index in [0.29, 0.717) is 30.9 Å². The summed E-state index contributed by atoms with van der Waals surface area (Å²) in [6.45, 7) is 2.10. The quantitative estimate of drug-likeness (QED) is 0.729. The predicted octanol–water partition coefficient (Wildman–Crippen LogP) is 3.00. The van der Waals surface area contributed by atoms with Crippen LogP contribution in [0.1, 0.15) is 22.8 Å². The van der Waals surface area contributed by atoms with Gasteiger partial charge in [-0.25, -0.2) is 9.18 Å². The molecule has 0 heterocycles. The number of amides is 1. The van der Waals surface area contributed by atoms with Gasteiger partial charge >= 0.3 is 5.97 Å². The van der Waals surface area contributed by atoms with Crippen LogP contribution in [0.15, 0.2) is 42.5 Å². The van der Waals surface area contributed by atoms with Crippen LogP contribution in [0.4, 0.5) is 4.39 Å². The summed E-state index contributed by atoms with van der Waals surface area (Å²) in [7, 11) is 1.68. The maximum Gasteiger partial charge on any atom is 0.341 e. The molecule has 0 aromatic heterocycles. The first-order valence-electron chi connectivity index (χ1n) is 8.52. The third-order valence-electron chi connectivity index (χ3n) is 3.84. The number of ether oxygens (including phenoxy) is 2. The molecule has 1 N–H and O–H groups in total. The first-order chi connectivity index (χ1) is 12.9. The van der Waals surface area contributed by atoms with E-state index in [-0.39, 0.29) is 17.5 Å². The molecule has 0 aliphatic rings. The van der Waals surface area contributed by atoms with Crippen LogP contribution in [-0.4, -0.2) is 48.7 Å². The van der Waals surface area contributed by atoms with Crippen LogP contribution in [0.25, 0.3) is 0 Å². The van der Waals surface area contributed by atoms with Gasteiger partial charge in [-0.3, -0.25) is 4.79 Å². The van der Waals surface area contributed by atoms with Gasteiger partial charge in [0, 0.05) is 19.2 Å². The van der Waals surface area contributed by atoms with Crippen LogP contribution >= 0.6 is 0 Å². The third-order valence-corrected chi connectivity index (χ3v) is 3.84. The van der Waals surface area contributed by atoms with Crippen LogP contribution in [0.3, 0.4) is 0 Å². The molecule has 1 amide bonds. The fourth-order valence-electron chi connectivity index (χ4n) is 2.44. The van der Waals surface area contributed by atoms with E-state index in [1.807, 2.05) is 0 Å². The zero-order valence-corrected chi connectivity index (χ0v) is 15.3. The lowest BCUT2D eigenvalue weighted by atomic mass is 10.1. The predicted molar refractivity (Wildman–Crippen MR) is 97.8 cm³/mol. The second-order valence-electron chi connectivity index (χ2n) is 5.88. The molecule has 0 unspecified atom stereocenters. The maximum absolute atomic E-state index is 12.9. The molecule has 2 rings (SSSR count). The molecular weight excluding hydrogens is 353 g/mol. The van der Waals surface area contributed by atoms with Gasteiger partial charge in [-0.05, 0) is 49.2 Å². The highest BCUT2D eigenvalue weighted by Crippen LogP contribution is 2.29. The third kappa shape index (κ3) is 5.99. The first-order valence-corrected chi connectivity index (χ1v) is 8.52. The number of benzene rings is 2. The molecule has 2 aromatic carbocycles. The molecule has 0 bridgehead atoms. The molecule has 0 atom stereocenters. The molecule has 144 valence electrons. The van der Waals surface area contributed by atoms with Crippen molar-refractivity contribution in [2.75, 3.05) is 26.8 Å². The zero-order valence-electron chi connectivity index (χ0n) is 15.3. The number of hydrogen-bond donors (Lipinski definition) is 1. The molecule has 0 saturated heterocycles. The van der Waals surface area contributed by atoms with Gasteiger partial charge < -0.3 is 19.5 Å². The van der Waals surface area contributed by atoms with E-state index in [9.17, 15) is 14.0 Å². The van der Waals surface area contributed by atoms with Crippen molar-refractivity contribution < 1.29 is 28.6 Å². The van der Waals surface area contributed by atoms with E-state index in [2.05, 4.69) is 0 Å². The van der Waals surface area contributed by atoms with Crippen LogP contribution in [0.5, 0.6) is 11.5 Å². The summed E-state index contributed by atoms with van der Waals surface area (Å²) in [6.07, 6.45) is 0.598. The number of hydrogen-bond acceptors (Lipinski definition) is 4. The number of carbonyl (C=O) groups excluding carboxylic acids is 1. The summed E-state index contributed by atoms with van der Waals surface area (Å²) in [5.74, 6) is -1.01. The summed E-state index contributed by atoms with van der Waals surface area (Å²) in [6, 6.07) is 10.8. The Hall–Kier alpha value is -3.09. The van der Waals surface area contributed by atoms with Gasteiger partial charge in [-0.1, -0.05) is 12.1 Å². The van der Waals surface area contributed by atoms with E-state index >= 15 is 0 Å². The highest BCUT2D eigenvalue weighted by atomic mass is 19.1. The van der Waals surface area contributed by atoms with Gasteiger partial charge in [-0.15, -0.1) is 0 Å². The highest BCUT2D eigenvalue weighted by Gasteiger charge is 2.16. The zero-order chi connectivity index (χ0) is 19.8. The number of carboxylic acids is 1. The number of likely N-dealkylation sites (N-methyl/N-ethyl adjacent to an activating group) is 1. The van der Waals surface area contributed by atoms with Crippen molar-refractivity contribution in [3.05, 3.63) is 59.4 Å². The fraction of sp³-hybridized carbons (Fsp3) is 0.300. The standard InChI is InChI=1S/C20H22FNO5/c1-3-26-18-12-15(6-9-17(18)27-13-19(23)24)20(25)22(2)11-10-14-4-7-16(21)8-5-14/h4-9,12H,3,10-11,13H2,1-2H3,(H,23,24). The Morgan fingerprint density at radius 3 is 2.41 bits per heavy atom. The van der Waals surface area contributed by atoms with E-state index in [1.165, 1.54) is 24.3 Å². The number of carbonyl (C=O) groups is 2. The van der Waals surface area contributed by atoms with Crippen LogP contribution < -0.4 is 9.47 Å². The minimum absolute atomic E-state index is 0.206. The van der Waals surface area contributed by atoms with Crippen molar-refractivity contribution in [3.63, 3.8) is 0 Å². The molecule has 0 saturated carbocycles. The topological polar surface area (TPSA) is 76.1 Å². The molecular formula is C20H22FNO5. The smallest absolute Gasteiger partial charge is 0.341 e. The van der Waals surface area contributed by atoms with E-state index in [1.54, 1.807) is 37.1 Å². The highest BCUT2D eigenvalue weighted by molar-refractivity contribution is 5.94. The molecule has 2 aromatic rings. The second-order valence-corrected chi connectivity index (χ2v) is 5.88. The Balaban J connectivity index is 2.05. The molecule has 0 fully saturated rings. The minimum atomic E-state index is -1.10. The summed E-state index contributed by atoms with van der Waals surface area (Å²) in [5.41, 5.74) is 1.34. The van der Waals surface area contributed by atoms with E-state index < -0.39 is 12.6 Å². The second kappa shape index (κ2) is 9.56. The van der Waals surface area contributed by atoms with Gasteiger partial charge in [0.2, 0.25) is 0 Å². The van der Waals surface area contributed by atoms with Crippen molar-refractivity contribution >= 4 is 11.9 Å². The fourth-order valence-corrected chi connectivity index (χ4v) is 2.44. The lowest BCUT2D eigenvalue weighted by molar-refractivity contribution is -0.139. The monoisotopic (exact) mass is 375 g/mol. The lowest BCUT2D eigenvalue weighted by Crippen LogP contribution is -2.28. The van der Waals surface area contributed by atoms with Crippen molar-refractivity contribution in [1.82, 2.24) is 4.90 Å².